The minimum absolute atomic E-state index is 0.360. The summed E-state index contributed by atoms with van der Waals surface area (Å²) in [6, 6.07) is 6.19. The third-order valence-corrected chi connectivity index (χ3v) is 4.09. The van der Waals surface area contributed by atoms with Crippen LogP contribution in [0, 0.1) is 5.92 Å². The zero-order valence-corrected chi connectivity index (χ0v) is 11.6. The van der Waals surface area contributed by atoms with Gasteiger partial charge < -0.3 is 10.5 Å². The van der Waals surface area contributed by atoms with Crippen molar-refractivity contribution in [1.29, 1.82) is 0 Å². The first-order chi connectivity index (χ1) is 8.72. The number of nitrogens with two attached hydrogens (primary N) is 1. The van der Waals surface area contributed by atoms with Gasteiger partial charge in [-0.25, -0.2) is 0 Å². The van der Waals surface area contributed by atoms with E-state index in [2.05, 4.69) is 19.9 Å². The first-order valence-electron chi connectivity index (χ1n) is 7.28. The smallest absolute Gasteiger partial charge is 0.142 e. The molecule has 1 aliphatic rings. The Balaban J connectivity index is 2.00. The number of hydrogen-bond donors (Lipinski definition) is 1. The van der Waals surface area contributed by atoms with E-state index < -0.39 is 0 Å². The van der Waals surface area contributed by atoms with Gasteiger partial charge in [0.2, 0.25) is 0 Å². The number of anilines is 1. The fourth-order valence-electron chi connectivity index (χ4n) is 2.82. The zero-order valence-electron chi connectivity index (χ0n) is 11.6. The van der Waals surface area contributed by atoms with Gasteiger partial charge in [-0.15, -0.1) is 0 Å². The van der Waals surface area contributed by atoms with Gasteiger partial charge in [-0.3, -0.25) is 0 Å². The predicted octanol–water partition coefficient (Wildman–Crippen LogP) is 4.18. The van der Waals surface area contributed by atoms with Crippen molar-refractivity contribution in [1.82, 2.24) is 0 Å². The molecule has 2 atom stereocenters. The highest BCUT2D eigenvalue weighted by atomic mass is 16.5. The van der Waals surface area contributed by atoms with E-state index in [4.69, 9.17) is 10.5 Å². The van der Waals surface area contributed by atoms with Crippen molar-refractivity contribution in [2.24, 2.45) is 5.92 Å². The summed E-state index contributed by atoms with van der Waals surface area (Å²) in [6.07, 6.45) is 7.65. The molecule has 2 heteroatoms. The number of ether oxygens (including phenoxy) is 1. The molecule has 2 N–H and O–H groups in total. The molecule has 0 heterocycles. The van der Waals surface area contributed by atoms with Crippen LogP contribution in [-0.4, -0.2) is 6.10 Å². The van der Waals surface area contributed by atoms with Crippen LogP contribution in [0.5, 0.6) is 5.75 Å². The summed E-state index contributed by atoms with van der Waals surface area (Å²) in [6.45, 7) is 4.42. The summed E-state index contributed by atoms with van der Waals surface area (Å²) >= 11 is 0. The van der Waals surface area contributed by atoms with E-state index in [0.717, 1.165) is 23.8 Å². The standard InChI is InChI=1S/C16H25NO/c1-3-12-6-5-7-14(10-12)18-16-9-8-13(4-2)11-15(16)17/h8-9,11-12,14H,3-7,10,17H2,1-2H3. The Morgan fingerprint density at radius 2 is 2.11 bits per heavy atom. The molecule has 2 rings (SSSR count). The lowest BCUT2D eigenvalue weighted by Gasteiger charge is -2.29. The molecule has 1 saturated carbocycles. The number of benzene rings is 1. The maximum absolute atomic E-state index is 6.09. The van der Waals surface area contributed by atoms with Gasteiger partial charge in [0.15, 0.2) is 0 Å². The summed E-state index contributed by atoms with van der Waals surface area (Å²) in [5.41, 5.74) is 8.11. The number of aryl methyl sites for hydroxylation is 1. The second kappa shape index (κ2) is 6.12. The minimum Gasteiger partial charge on any atom is -0.488 e. The van der Waals surface area contributed by atoms with Crippen LogP contribution in [0.4, 0.5) is 5.69 Å². The Bertz CT molecular complexity index is 389. The molecule has 0 radical (unpaired) electrons. The Kier molecular flexibility index (Phi) is 4.51. The van der Waals surface area contributed by atoms with Crippen LogP contribution < -0.4 is 10.5 Å². The molecular weight excluding hydrogens is 222 g/mol. The number of rotatable bonds is 4. The van der Waals surface area contributed by atoms with Crippen molar-refractivity contribution >= 4 is 5.69 Å². The van der Waals surface area contributed by atoms with Gasteiger partial charge in [-0.2, -0.15) is 0 Å². The predicted molar refractivity (Wildman–Crippen MR) is 76.9 cm³/mol. The van der Waals surface area contributed by atoms with Crippen LogP contribution in [-0.2, 0) is 6.42 Å². The van der Waals surface area contributed by atoms with E-state index in [1.807, 2.05) is 12.1 Å². The molecule has 0 bridgehead atoms. The number of nitrogen functional groups attached to an aromatic ring is 1. The fourth-order valence-corrected chi connectivity index (χ4v) is 2.82. The van der Waals surface area contributed by atoms with Gasteiger partial charge in [-0.1, -0.05) is 32.8 Å². The second-order valence-electron chi connectivity index (χ2n) is 5.41. The van der Waals surface area contributed by atoms with Crippen molar-refractivity contribution in [3.63, 3.8) is 0 Å². The summed E-state index contributed by atoms with van der Waals surface area (Å²) in [4.78, 5) is 0. The van der Waals surface area contributed by atoms with Crippen molar-refractivity contribution in [3.05, 3.63) is 23.8 Å². The largest absolute Gasteiger partial charge is 0.488 e. The van der Waals surface area contributed by atoms with Gasteiger partial charge in [0, 0.05) is 0 Å². The Morgan fingerprint density at radius 1 is 1.28 bits per heavy atom. The average molecular weight is 247 g/mol. The van der Waals surface area contributed by atoms with Crippen LogP contribution in [0.2, 0.25) is 0 Å². The first kappa shape index (κ1) is 13.3. The maximum Gasteiger partial charge on any atom is 0.142 e. The minimum atomic E-state index is 0.360. The van der Waals surface area contributed by atoms with E-state index >= 15 is 0 Å². The molecule has 18 heavy (non-hydrogen) atoms. The number of hydrogen-bond acceptors (Lipinski definition) is 2. The Hall–Kier alpha value is -1.18. The van der Waals surface area contributed by atoms with E-state index in [9.17, 15) is 0 Å². The first-order valence-corrected chi connectivity index (χ1v) is 7.28. The lowest BCUT2D eigenvalue weighted by Crippen LogP contribution is -2.25. The highest BCUT2D eigenvalue weighted by Gasteiger charge is 2.22. The third-order valence-electron chi connectivity index (χ3n) is 4.09. The van der Waals surface area contributed by atoms with Crippen LogP contribution in [0.15, 0.2) is 18.2 Å². The molecule has 0 aliphatic heterocycles. The van der Waals surface area contributed by atoms with Crippen LogP contribution >= 0.6 is 0 Å². The highest BCUT2D eigenvalue weighted by molar-refractivity contribution is 5.54. The molecule has 0 aromatic heterocycles. The van der Waals surface area contributed by atoms with Crippen LogP contribution in [0.3, 0.4) is 0 Å². The molecule has 0 spiro atoms. The summed E-state index contributed by atoms with van der Waals surface area (Å²) < 4.78 is 6.09. The SMILES string of the molecule is CCc1ccc(OC2CCCC(CC)C2)c(N)c1. The zero-order chi connectivity index (χ0) is 13.0. The molecule has 1 aromatic carbocycles. The normalized spacial score (nSPS) is 23.9. The summed E-state index contributed by atoms with van der Waals surface area (Å²) in [5.74, 6) is 1.70. The maximum atomic E-state index is 6.09. The molecular formula is C16H25NO. The van der Waals surface area contributed by atoms with Crippen molar-refractivity contribution in [3.8, 4) is 5.75 Å². The molecule has 2 unspecified atom stereocenters. The molecule has 1 aromatic rings. The molecule has 2 nitrogen and oxygen atoms in total. The lowest BCUT2D eigenvalue weighted by atomic mass is 9.85. The van der Waals surface area contributed by atoms with Crippen LogP contribution in [0.25, 0.3) is 0 Å². The summed E-state index contributed by atoms with van der Waals surface area (Å²) in [5, 5.41) is 0. The topological polar surface area (TPSA) is 35.2 Å². The highest BCUT2D eigenvalue weighted by Crippen LogP contribution is 2.32. The van der Waals surface area contributed by atoms with E-state index in [1.54, 1.807) is 0 Å². The van der Waals surface area contributed by atoms with Crippen LogP contribution in [0.1, 0.15) is 51.5 Å². The van der Waals surface area contributed by atoms with Crippen molar-refractivity contribution < 1.29 is 4.74 Å². The van der Waals surface area contributed by atoms with E-state index in [0.29, 0.717) is 6.10 Å². The fraction of sp³-hybridized carbons (Fsp3) is 0.625. The van der Waals surface area contributed by atoms with Gasteiger partial charge in [0.05, 0.1) is 11.8 Å². The molecule has 1 fully saturated rings. The van der Waals surface area contributed by atoms with Gasteiger partial charge in [0.1, 0.15) is 5.75 Å². The second-order valence-corrected chi connectivity index (χ2v) is 5.41. The Morgan fingerprint density at radius 3 is 2.78 bits per heavy atom. The van der Waals surface area contributed by atoms with Crippen molar-refractivity contribution in [2.45, 2.75) is 58.5 Å². The van der Waals surface area contributed by atoms with Gasteiger partial charge >= 0.3 is 0 Å². The quantitative estimate of drug-likeness (QED) is 0.810. The van der Waals surface area contributed by atoms with E-state index in [1.165, 1.54) is 37.7 Å². The average Bonchev–Trinajstić information content (AvgIpc) is 2.41. The lowest BCUT2D eigenvalue weighted by molar-refractivity contribution is 0.123. The van der Waals surface area contributed by atoms with Crippen molar-refractivity contribution in [2.75, 3.05) is 5.73 Å². The monoisotopic (exact) mass is 247 g/mol. The Labute approximate surface area is 111 Å². The summed E-state index contributed by atoms with van der Waals surface area (Å²) in [7, 11) is 0. The van der Waals surface area contributed by atoms with Gasteiger partial charge in [0.25, 0.3) is 0 Å². The third kappa shape index (κ3) is 3.18. The molecule has 0 saturated heterocycles. The van der Waals surface area contributed by atoms with E-state index in [-0.39, 0.29) is 0 Å². The van der Waals surface area contributed by atoms with Gasteiger partial charge in [-0.05, 0) is 49.3 Å². The molecule has 1 aliphatic carbocycles. The molecule has 100 valence electrons. The molecule has 0 amide bonds.